The van der Waals surface area contributed by atoms with Gasteiger partial charge in [0.05, 0.1) is 0 Å². The number of allylic oxidation sites excluding steroid dienone is 3. The van der Waals surface area contributed by atoms with Crippen LogP contribution in [0.5, 0.6) is 0 Å². The third-order valence-corrected chi connectivity index (χ3v) is 2.99. The molecule has 15 heavy (non-hydrogen) atoms. The van der Waals surface area contributed by atoms with E-state index in [1.54, 1.807) is 0 Å². The van der Waals surface area contributed by atoms with Gasteiger partial charge in [0.2, 0.25) is 0 Å². The highest BCUT2D eigenvalue weighted by atomic mass is 14.1. The van der Waals surface area contributed by atoms with Crippen LogP contribution >= 0.6 is 0 Å². The zero-order valence-electron chi connectivity index (χ0n) is 10.4. The summed E-state index contributed by atoms with van der Waals surface area (Å²) >= 11 is 0. The van der Waals surface area contributed by atoms with Gasteiger partial charge in [-0.2, -0.15) is 0 Å². The highest BCUT2D eigenvalue weighted by molar-refractivity contribution is 5.72. The molecule has 0 fully saturated rings. The molecule has 0 aliphatic rings. The van der Waals surface area contributed by atoms with E-state index in [4.69, 9.17) is 0 Å². The van der Waals surface area contributed by atoms with Gasteiger partial charge in [-0.25, -0.2) is 0 Å². The van der Waals surface area contributed by atoms with Gasteiger partial charge in [0.25, 0.3) is 0 Å². The summed E-state index contributed by atoms with van der Waals surface area (Å²) in [5.74, 6) is 0. The van der Waals surface area contributed by atoms with Crippen molar-refractivity contribution in [3.8, 4) is 0 Å². The Morgan fingerprint density at radius 3 is 2.13 bits per heavy atom. The molecule has 1 aromatic rings. The Labute approximate surface area is 93.3 Å². The summed E-state index contributed by atoms with van der Waals surface area (Å²) in [5, 5.41) is 0. The average Bonchev–Trinajstić information content (AvgIpc) is 2.15. The largest absolute Gasteiger partial charge is 0.0958 e. The maximum atomic E-state index is 3.99. The Hall–Kier alpha value is -1.30. The topological polar surface area (TPSA) is 0 Å². The molecule has 0 amide bonds. The van der Waals surface area contributed by atoms with Gasteiger partial charge in [-0.3, -0.25) is 0 Å². The molecule has 80 valence electrons. The van der Waals surface area contributed by atoms with E-state index in [1.165, 1.54) is 27.8 Å². The summed E-state index contributed by atoms with van der Waals surface area (Å²) in [6.07, 6.45) is 0. The van der Waals surface area contributed by atoms with Crippen molar-refractivity contribution in [3.63, 3.8) is 0 Å². The monoisotopic (exact) mass is 200 g/mol. The highest BCUT2D eigenvalue weighted by Crippen LogP contribution is 2.25. The van der Waals surface area contributed by atoms with Crippen LogP contribution in [0.1, 0.15) is 37.5 Å². The summed E-state index contributed by atoms with van der Waals surface area (Å²) in [4.78, 5) is 0. The van der Waals surface area contributed by atoms with Gasteiger partial charge < -0.3 is 0 Å². The third kappa shape index (κ3) is 2.59. The fourth-order valence-corrected chi connectivity index (χ4v) is 1.76. The number of benzene rings is 1. The molecular weight excluding hydrogens is 180 g/mol. The lowest BCUT2D eigenvalue weighted by Crippen LogP contribution is -1.90. The minimum Gasteiger partial charge on any atom is -0.0958 e. The van der Waals surface area contributed by atoms with Gasteiger partial charge in [-0.15, -0.1) is 0 Å². The van der Waals surface area contributed by atoms with Gasteiger partial charge in [-0.05, 0) is 56.9 Å². The van der Waals surface area contributed by atoms with Crippen molar-refractivity contribution in [1.82, 2.24) is 0 Å². The zero-order chi connectivity index (χ0) is 11.6. The molecule has 1 aromatic carbocycles. The first kappa shape index (κ1) is 11.8. The molecule has 0 N–H and O–H groups in total. The molecule has 0 aliphatic carbocycles. The Bertz CT molecular complexity index is 420. The van der Waals surface area contributed by atoms with Crippen LogP contribution in [0.3, 0.4) is 0 Å². The van der Waals surface area contributed by atoms with E-state index < -0.39 is 0 Å². The second-order valence-corrected chi connectivity index (χ2v) is 4.35. The predicted octanol–water partition coefficient (Wildman–Crippen LogP) is 4.67. The number of rotatable bonds is 2. The van der Waals surface area contributed by atoms with Crippen molar-refractivity contribution in [2.24, 2.45) is 0 Å². The molecule has 0 atom stereocenters. The first-order chi connectivity index (χ1) is 6.93. The summed E-state index contributed by atoms with van der Waals surface area (Å²) in [5.41, 5.74) is 7.76. The van der Waals surface area contributed by atoms with Gasteiger partial charge in [-0.1, -0.05) is 35.9 Å². The lowest BCUT2D eigenvalue weighted by molar-refractivity contribution is 1.30. The minimum absolute atomic E-state index is 1.15. The van der Waals surface area contributed by atoms with Gasteiger partial charge in [0.15, 0.2) is 0 Å². The smallest absolute Gasteiger partial charge is 0.0195 e. The van der Waals surface area contributed by atoms with Crippen LogP contribution < -0.4 is 0 Å². The van der Waals surface area contributed by atoms with Crippen LogP contribution in [-0.4, -0.2) is 0 Å². The fourth-order valence-electron chi connectivity index (χ4n) is 1.76. The molecule has 0 unspecified atom stereocenters. The minimum atomic E-state index is 1.15. The summed E-state index contributed by atoms with van der Waals surface area (Å²) < 4.78 is 0. The van der Waals surface area contributed by atoms with Crippen molar-refractivity contribution >= 4 is 5.57 Å². The van der Waals surface area contributed by atoms with Crippen molar-refractivity contribution in [2.45, 2.75) is 34.6 Å². The Kier molecular flexibility index (Phi) is 3.52. The van der Waals surface area contributed by atoms with Crippen LogP contribution in [0, 0.1) is 13.8 Å². The Balaban J connectivity index is 3.29. The summed E-state index contributed by atoms with van der Waals surface area (Å²) in [6.45, 7) is 14.6. The van der Waals surface area contributed by atoms with E-state index in [9.17, 15) is 0 Å². The molecule has 0 saturated carbocycles. The molecule has 0 bridgehead atoms. The van der Waals surface area contributed by atoms with Crippen LogP contribution in [0.25, 0.3) is 5.57 Å². The van der Waals surface area contributed by atoms with Gasteiger partial charge in [0.1, 0.15) is 0 Å². The van der Waals surface area contributed by atoms with E-state index >= 15 is 0 Å². The fraction of sp³-hybridized carbons (Fsp3) is 0.333. The maximum absolute atomic E-state index is 3.99. The van der Waals surface area contributed by atoms with Crippen molar-refractivity contribution in [3.05, 3.63) is 52.6 Å². The molecule has 0 aromatic heterocycles. The molecule has 1 rings (SSSR count). The molecule has 0 radical (unpaired) electrons. The summed E-state index contributed by atoms with van der Waals surface area (Å²) in [7, 11) is 0. The molecule has 0 heterocycles. The molecular formula is C15H20. The second kappa shape index (κ2) is 4.48. The lowest BCUT2D eigenvalue weighted by Gasteiger charge is -2.11. The standard InChI is InChI=1S/C15H20/c1-10(2)13(5)14(6)15-8-7-11(3)9-12(15)4/h7-9H,1H2,2-6H3/b14-13-. The SMILES string of the molecule is C=C(C)/C(C)=C(/C)c1ccc(C)cc1C. The Morgan fingerprint density at radius 2 is 1.67 bits per heavy atom. The summed E-state index contributed by atoms with van der Waals surface area (Å²) in [6, 6.07) is 6.59. The highest BCUT2D eigenvalue weighted by Gasteiger charge is 2.04. The van der Waals surface area contributed by atoms with Crippen molar-refractivity contribution < 1.29 is 0 Å². The van der Waals surface area contributed by atoms with Crippen LogP contribution in [-0.2, 0) is 0 Å². The van der Waals surface area contributed by atoms with Crippen molar-refractivity contribution in [1.29, 1.82) is 0 Å². The molecule has 0 spiro atoms. The number of aryl methyl sites for hydroxylation is 2. The van der Waals surface area contributed by atoms with E-state index in [0.29, 0.717) is 0 Å². The number of hydrogen-bond acceptors (Lipinski definition) is 0. The number of hydrogen-bond donors (Lipinski definition) is 0. The first-order valence-corrected chi connectivity index (χ1v) is 5.34. The average molecular weight is 200 g/mol. The van der Waals surface area contributed by atoms with Crippen LogP contribution in [0.2, 0.25) is 0 Å². The predicted molar refractivity (Wildman–Crippen MR) is 69.0 cm³/mol. The van der Waals surface area contributed by atoms with Gasteiger partial charge >= 0.3 is 0 Å². The second-order valence-electron chi connectivity index (χ2n) is 4.35. The third-order valence-electron chi connectivity index (χ3n) is 2.99. The normalized spacial score (nSPS) is 12.3. The van der Waals surface area contributed by atoms with E-state index in [0.717, 1.165) is 5.57 Å². The Morgan fingerprint density at radius 1 is 1.07 bits per heavy atom. The first-order valence-electron chi connectivity index (χ1n) is 5.34. The molecule has 0 saturated heterocycles. The van der Waals surface area contributed by atoms with Crippen LogP contribution in [0.4, 0.5) is 0 Å². The van der Waals surface area contributed by atoms with E-state index in [-0.39, 0.29) is 0 Å². The quantitative estimate of drug-likeness (QED) is 0.608. The van der Waals surface area contributed by atoms with Crippen molar-refractivity contribution in [2.75, 3.05) is 0 Å². The molecule has 0 heteroatoms. The van der Waals surface area contributed by atoms with Gasteiger partial charge in [0, 0.05) is 0 Å². The molecule has 0 nitrogen and oxygen atoms in total. The maximum Gasteiger partial charge on any atom is -0.0195 e. The lowest BCUT2D eigenvalue weighted by atomic mass is 9.94. The molecule has 0 aliphatic heterocycles. The van der Waals surface area contributed by atoms with E-state index in [2.05, 4.69) is 59.4 Å². The zero-order valence-corrected chi connectivity index (χ0v) is 10.4. The van der Waals surface area contributed by atoms with E-state index in [1.807, 2.05) is 0 Å². The van der Waals surface area contributed by atoms with Crippen LogP contribution in [0.15, 0.2) is 35.9 Å².